The summed E-state index contributed by atoms with van der Waals surface area (Å²) >= 11 is 0. The van der Waals surface area contributed by atoms with Crippen molar-refractivity contribution in [2.45, 2.75) is 24.8 Å². The molecule has 1 saturated heterocycles. The Morgan fingerprint density at radius 2 is 1.74 bits per heavy atom. The molecule has 5 aromatic rings. The molecule has 4 heterocycles. The van der Waals surface area contributed by atoms with E-state index >= 15 is 0 Å². The zero-order valence-electron chi connectivity index (χ0n) is 22.9. The van der Waals surface area contributed by atoms with Gasteiger partial charge in [0.05, 0.1) is 29.4 Å². The second-order valence-electron chi connectivity index (χ2n) is 10.2. The van der Waals surface area contributed by atoms with E-state index in [1.807, 2.05) is 24.3 Å². The van der Waals surface area contributed by atoms with Gasteiger partial charge in [0.1, 0.15) is 12.4 Å². The van der Waals surface area contributed by atoms with E-state index in [4.69, 9.17) is 4.74 Å². The zero-order valence-corrected chi connectivity index (χ0v) is 23.7. The number of anilines is 2. The molecule has 2 aromatic carbocycles. The molecule has 0 aliphatic carbocycles. The number of nitrogens with one attached hydrogen (secondary N) is 1. The maximum absolute atomic E-state index is 13.1. The van der Waals surface area contributed by atoms with Gasteiger partial charge in [0.15, 0.2) is 5.65 Å². The largest absolute Gasteiger partial charge is 0.492 e. The van der Waals surface area contributed by atoms with Gasteiger partial charge in [-0.3, -0.25) is 4.90 Å². The Balaban J connectivity index is 1.15. The van der Waals surface area contributed by atoms with Crippen LogP contribution in [0.15, 0.2) is 79.1 Å². The molecule has 0 radical (unpaired) electrons. The summed E-state index contributed by atoms with van der Waals surface area (Å²) in [5, 5.41) is 11.7. The molecule has 1 aliphatic heterocycles. The molecule has 0 atom stereocenters. The average Bonchev–Trinajstić information content (AvgIpc) is 3.75. The topological polar surface area (TPSA) is 107 Å². The third kappa shape index (κ3) is 6.65. The van der Waals surface area contributed by atoms with Crippen LogP contribution in [0.2, 0.25) is 0 Å². The second kappa shape index (κ2) is 11.7. The highest BCUT2D eigenvalue weighted by atomic mass is 32.2. The van der Waals surface area contributed by atoms with Crippen molar-refractivity contribution < 1.29 is 26.3 Å². The maximum Gasteiger partial charge on any atom is 0.416 e. The lowest BCUT2D eigenvalue weighted by Gasteiger charge is -2.15. The van der Waals surface area contributed by atoms with Crippen molar-refractivity contribution in [1.82, 2.24) is 28.7 Å². The smallest absolute Gasteiger partial charge is 0.416 e. The van der Waals surface area contributed by atoms with Crippen LogP contribution in [0.25, 0.3) is 16.9 Å². The van der Waals surface area contributed by atoms with Gasteiger partial charge in [-0.05, 0) is 74.0 Å². The van der Waals surface area contributed by atoms with E-state index in [1.54, 1.807) is 22.7 Å². The number of aromatic nitrogens is 5. The van der Waals surface area contributed by atoms with Crippen molar-refractivity contribution in [3.05, 3.63) is 90.3 Å². The van der Waals surface area contributed by atoms with Crippen molar-refractivity contribution in [2.75, 3.05) is 31.6 Å². The molecule has 0 saturated carbocycles. The summed E-state index contributed by atoms with van der Waals surface area (Å²) in [6, 6.07) is 17.0. The molecule has 0 amide bonds. The number of hydrogen-bond acceptors (Lipinski definition) is 8. The van der Waals surface area contributed by atoms with E-state index in [2.05, 4.69) is 25.4 Å². The highest BCUT2D eigenvalue weighted by molar-refractivity contribution is 7.89. The summed E-state index contributed by atoms with van der Waals surface area (Å²) in [6.45, 7) is 3.80. The Bertz CT molecular complexity index is 1830. The quantitative estimate of drug-likeness (QED) is 0.230. The number of alkyl halides is 3. The fourth-order valence-corrected chi connectivity index (χ4v) is 6.14. The lowest BCUT2D eigenvalue weighted by molar-refractivity contribution is -0.137. The van der Waals surface area contributed by atoms with Gasteiger partial charge < -0.3 is 10.1 Å². The Kier molecular flexibility index (Phi) is 7.79. The Morgan fingerprint density at radius 3 is 2.51 bits per heavy atom. The van der Waals surface area contributed by atoms with Crippen LogP contribution in [0.1, 0.15) is 24.0 Å². The van der Waals surface area contributed by atoms with E-state index in [0.717, 1.165) is 47.3 Å². The highest BCUT2D eigenvalue weighted by Gasteiger charge is 2.31. The lowest BCUT2D eigenvalue weighted by atomic mass is 10.1. The zero-order chi connectivity index (χ0) is 30.0. The van der Waals surface area contributed by atoms with Crippen molar-refractivity contribution in [3.8, 4) is 17.0 Å². The minimum absolute atomic E-state index is 0.00245. The minimum Gasteiger partial charge on any atom is -0.492 e. The minimum atomic E-state index is -4.58. The molecular formula is C29H28F3N7O3S. The molecule has 1 N–H and O–H groups in total. The Morgan fingerprint density at radius 1 is 0.977 bits per heavy atom. The van der Waals surface area contributed by atoms with Gasteiger partial charge >= 0.3 is 6.18 Å². The van der Waals surface area contributed by atoms with Gasteiger partial charge in [0.2, 0.25) is 5.95 Å². The first-order chi connectivity index (χ1) is 20.6. The Hall–Kier alpha value is -4.43. The number of fused-ring (bicyclic) bond motifs is 1. The number of ether oxygens (including phenoxy) is 1. The van der Waals surface area contributed by atoms with Crippen LogP contribution in [0.3, 0.4) is 0 Å². The van der Waals surface area contributed by atoms with Gasteiger partial charge in [0.25, 0.3) is 10.0 Å². The van der Waals surface area contributed by atoms with E-state index in [9.17, 15) is 21.6 Å². The number of halogens is 3. The molecule has 43 heavy (non-hydrogen) atoms. The molecule has 3 aromatic heterocycles. The summed E-state index contributed by atoms with van der Waals surface area (Å²) in [5.74, 6) is 0.455. The number of hydrogen-bond donors (Lipinski definition) is 1. The SMILES string of the molecule is O=S(=O)(Cc1cccc(C(F)(F)F)c1)n1cc(-c2cccc3nc(Nc4ccc(OCCN5CCCC5)cc4)nn23)cn1. The monoisotopic (exact) mass is 611 g/mol. The van der Waals surface area contributed by atoms with Gasteiger partial charge in [-0.1, -0.05) is 24.3 Å². The summed E-state index contributed by atoms with van der Waals surface area (Å²) in [5.41, 5.74) is 1.33. The van der Waals surface area contributed by atoms with Crippen LogP contribution in [0.4, 0.5) is 24.8 Å². The summed E-state index contributed by atoms with van der Waals surface area (Å²) in [7, 11) is -4.10. The first-order valence-electron chi connectivity index (χ1n) is 13.7. The highest BCUT2D eigenvalue weighted by Crippen LogP contribution is 2.30. The number of likely N-dealkylation sites (tertiary alicyclic amines) is 1. The van der Waals surface area contributed by atoms with Crippen LogP contribution >= 0.6 is 0 Å². The van der Waals surface area contributed by atoms with Crippen LogP contribution in [0, 0.1) is 0 Å². The van der Waals surface area contributed by atoms with E-state index in [0.29, 0.717) is 29.5 Å². The summed E-state index contributed by atoms with van der Waals surface area (Å²) in [4.78, 5) is 6.91. The predicted octanol–water partition coefficient (Wildman–Crippen LogP) is 5.21. The molecule has 10 nitrogen and oxygen atoms in total. The third-order valence-electron chi connectivity index (χ3n) is 7.09. The molecule has 0 unspecified atom stereocenters. The van der Waals surface area contributed by atoms with Crippen LogP contribution in [-0.2, 0) is 22.0 Å². The standard InChI is InChI=1S/C29H28F3N7O3S/c30-29(31,32)23-6-3-5-21(17-23)20-43(40,41)38-19-22(18-33-38)26-7-4-8-27-35-28(36-39(26)27)34-24-9-11-25(12-10-24)42-16-15-37-13-1-2-14-37/h3-12,17-19H,1-2,13-16,20H2,(H,34,36). The van der Waals surface area contributed by atoms with Gasteiger partial charge in [-0.2, -0.15) is 27.3 Å². The molecule has 6 rings (SSSR count). The van der Waals surface area contributed by atoms with Gasteiger partial charge in [-0.25, -0.2) is 12.9 Å². The van der Waals surface area contributed by atoms with Crippen molar-refractivity contribution >= 4 is 27.3 Å². The molecule has 1 fully saturated rings. The molecule has 1 aliphatic rings. The fourth-order valence-electron chi connectivity index (χ4n) is 4.94. The molecule has 0 spiro atoms. The first-order valence-corrected chi connectivity index (χ1v) is 15.3. The normalized spacial score (nSPS) is 14.4. The van der Waals surface area contributed by atoms with Crippen molar-refractivity contribution in [3.63, 3.8) is 0 Å². The average molecular weight is 612 g/mol. The van der Waals surface area contributed by atoms with E-state index < -0.39 is 27.5 Å². The fraction of sp³-hybridized carbons (Fsp3) is 0.276. The second-order valence-corrected chi connectivity index (χ2v) is 12.0. The predicted molar refractivity (Wildman–Crippen MR) is 155 cm³/mol. The maximum atomic E-state index is 13.1. The number of pyridine rings is 1. The molecule has 224 valence electrons. The molecule has 14 heteroatoms. The van der Waals surface area contributed by atoms with E-state index in [-0.39, 0.29) is 5.56 Å². The first kappa shape index (κ1) is 28.7. The van der Waals surface area contributed by atoms with Crippen LogP contribution < -0.4 is 10.1 Å². The summed E-state index contributed by atoms with van der Waals surface area (Å²) in [6.07, 6.45) is 0.575. The van der Waals surface area contributed by atoms with E-state index in [1.165, 1.54) is 37.4 Å². The number of benzene rings is 2. The van der Waals surface area contributed by atoms with Crippen molar-refractivity contribution in [2.24, 2.45) is 0 Å². The van der Waals surface area contributed by atoms with Crippen LogP contribution in [-0.4, -0.2) is 63.3 Å². The lowest BCUT2D eigenvalue weighted by Crippen LogP contribution is -2.25. The number of rotatable bonds is 10. The molecular weight excluding hydrogens is 583 g/mol. The Labute approximate surface area is 245 Å². The number of nitrogens with zero attached hydrogens (tertiary/aromatic N) is 6. The molecule has 0 bridgehead atoms. The van der Waals surface area contributed by atoms with Crippen LogP contribution in [0.5, 0.6) is 5.75 Å². The summed E-state index contributed by atoms with van der Waals surface area (Å²) < 4.78 is 73.4. The van der Waals surface area contributed by atoms with Crippen molar-refractivity contribution in [1.29, 1.82) is 0 Å². The van der Waals surface area contributed by atoms with Gasteiger partial charge in [-0.15, -0.1) is 5.10 Å². The third-order valence-corrected chi connectivity index (χ3v) is 8.56. The van der Waals surface area contributed by atoms with Gasteiger partial charge in [0, 0.05) is 17.8 Å².